The van der Waals surface area contributed by atoms with Crippen molar-refractivity contribution in [3.05, 3.63) is 34.6 Å². The Morgan fingerprint density at radius 2 is 2.29 bits per heavy atom. The lowest BCUT2D eigenvalue weighted by Gasteiger charge is -2.18. The minimum Gasteiger partial charge on any atom is -0.480 e. The van der Waals surface area contributed by atoms with Crippen molar-refractivity contribution < 1.29 is 19.7 Å². The highest BCUT2D eigenvalue weighted by atomic mass is 32.2. The molecule has 2 rings (SSSR count). The molecule has 2 unspecified atom stereocenters. The molecule has 4 atom stereocenters. The van der Waals surface area contributed by atoms with Crippen LogP contribution in [0.25, 0.3) is 0 Å². The van der Waals surface area contributed by atoms with E-state index in [2.05, 4.69) is 4.98 Å². The SMILES string of the molecule is C[S+](CCC(N)C(=O)O)CC1=C[C@@H](O)[C@H](n2ccc(N)nc2=O)O1. The number of aliphatic hydroxyl groups is 1. The minimum absolute atomic E-state index is 0.0989. The normalized spacial score (nSPS) is 22.5. The van der Waals surface area contributed by atoms with Crippen molar-refractivity contribution in [3.8, 4) is 0 Å². The summed E-state index contributed by atoms with van der Waals surface area (Å²) in [6.07, 6.45) is 3.46. The van der Waals surface area contributed by atoms with E-state index >= 15 is 0 Å². The Bertz CT molecular complexity index is 692. The zero-order valence-corrected chi connectivity index (χ0v) is 14.0. The maximum Gasteiger partial charge on any atom is 0.352 e. The summed E-state index contributed by atoms with van der Waals surface area (Å²) >= 11 is 0. The molecular formula is C14H21N4O5S+. The number of carboxylic acid groups (broad SMARTS) is 1. The van der Waals surface area contributed by atoms with E-state index in [9.17, 15) is 14.7 Å². The Hall–Kier alpha value is -2.04. The smallest absolute Gasteiger partial charge is 0.352 e. The monoisotopic (exact) mass is 357 g/mol. The fraction of sp³-hybridized carbons (Fsp3) is 0.500. The fourth-order valence-electron chi connectivity index (χ4n) is 2.23. The van der Waals surface area contributed by atoms with Crippen molar-refractivity contribution >= 4 is 22.7 Å². The van der Waals surface area contributed by atoms with Gasteiger partial charge in [-0.1, -0.05) is 0 Å². The van der Waals surface area contributed by atoms with Gasteiger partial charge in [0.2, 0.25) is 6.23 Å². The Balaban J connectivity index is 1.94. The summed E-state index contributed by atoms with van der Waals surface area (Å²) in [5.41, 5.74) is 10.3. The van der Waals surface area contributed by atoms with Gasteiger partial charge in [-0.05, 0) is 23.0 Å². The van der Waals surface area contributed by atoms with E-state index in [4.69, 9.17) is 21.3 Å². The number of nitrogens with two attached hydrogens (primary N) is 2. The Morgan fingerprint density at radius 1 is 1.58 bits per heavy atom. The van der Waals surface area contributed by atoms with E-state index in [0.717, 1.165) is 0 Å². The molecule has 0 spiro atoms. The predicted molar refractivity (Wildman–Crippen MR) is 90.4 cm³/mol. The van der Waals surface area contributed by atoms with Crippen LogP contribution < -0.4 is 17.2 Å². The first-order chi connectivity index (χ1) is 11.3. The molecule has 0 saturated carbocycles. The average molecular weight is 357 g/mol. The number of nitrogens with zero attached hydrogens (tertiary/aromatic N) is 2. The van der Waals surface area contributed by atoms with Crippen LogP contribution in [0.1, 0.15) is 12.6 Å². The molecule has 1 aromatic heterocycles. The van der Waals surface area contributed by atoms with Crippen LogP contribution in [0.3, 0.4) is 0 Å². The van der Waals surface area contributed by atoms with Crippen molar-refractivity contribution in [1.29, 1.82) is 0 Å². The summed E-state index contributed by atoms with van der Waals surface area (Å²) < 4.78 is 6.84. The molecule has 9 nitrogen and oxygen atoms in total. The predicted octanol–water partition coefficient (Wildman–Crippen LogP) is -1.35. The molecule has 0 aliphatic carbocycles. The summed E-state index contributed by atoms with van der Waals surface area (Å²) in [6.45, 7) is 0. The lowest BCUT2D eigenvalue weighted by molar-refractivity contribution is -0.138. The number of rotatable bonds is 7. The Labute approximate surface area is 141 Å². The number of carboxylic acids is 1. The first-order valence-corrected chi connectivity index (χ1v) is 9.22. The van der Waals surface area contributed by atoms with Gasteiger partial charge in [0.05, 0.1) is 6.26 Å². The maximum atomic E-state index is 11.8. The number of hydrogen-bond donors (Lipinski definition) is 4. The molecule has 132 valence electrons. The summed E-state index contributed by atoms with van der Waals surface area (Å²) in [5.74, 6) is 0.816. The third-order valence-corrected chi connectivity index (χ3v) is 5.24. The molecule has 24 heavy (non-hydrogen) atoms. The summed E-state index contributed by atoms with van der Waals surface area (Å²) in [4.78, 5) is 26.2. The Morgan fingerprint density at radius 3 is 2.92 bits per heavy atom. The molecule has 1 aliphatic rings. The summed E-state index contributed by atoms with van der Waals surface area (Å²) in [6, 6.07) is 0.573. The van der Waals surface area contributed by atoms with Gasteiger partial charge in [0.15, 0.2) is 5.75 Å². The third-order valence-electron chi connectivity index (χ3n) is 3.53. The van der Waals surface area contributed by atoms with Crippen LogP contribution in [0.15, 0.2) is 28.9 Å². The standard InChI is InChI=1S/C14H20N4O5S/c1-24(5-3-9(15)13(20)21)7-8-6-10(19)12(23-8)18-4-2-11(16)17-14(18)22/h2,4,6,9-10,12,19H,3,5,7,15H2,1H3,(H2-,16,17,20,21,22)/p+1/t9?,10-,12-,24?/m1/s1. The lowest BCUT2D eigenvalue weighted by atomic mass is 10.2. The van der Waals surface area contributed by atoms with Crippen molar-refractivity contribution in [1.82, 2.24) is 9.55 Å². The molecule has 0 aromatic carbocycles. The molecule has 0 amide bonds. The van der Waals surface area contributed by atoms with Gasteiger partial charge in [-0.3, -0.25) is 9.36 Å². The fourth-order valence-corrected chi connectivity index (χ4v) is 3.68. The number of aromatic nitrogens is 2. The molecule has 0 radical (unpaired) electrons. The lowest BCUT2D eigenvalue weighted by Crippen LogP contribution is -2.33. The van der Waals surface area contributed by atoms with Crippen molar-refractivity contribution in [3.63, 3.8) is 0 Å². The molecule has 1 aromatic rings. The van der Waals surface area contributed by atoms with E-state index in [-0.39, 0.29) is 16.7 Å². The highest BCUT2D eigenvalue weighted by Crippen LogP contribution is 2.26. The van der Waals surface area contributed by atoms with Gasteiger partial charge >= 0.3 is 11.7 Å². The van der Waals surface area contributed by atoms with E-state index in [0.29, 0.717) is 23.7 Å². The van der Waals surface area contributed by atoms with Gasteiger partial charge in [-0.25, -0.2) is 4.79 Å². The molecule has 1 aliphatic heterocycles. The zero-order chi connectivity index (χ0) is 17.9. The van der Waals surface area contributed by atoms with Crippen molar-refractivity contribution in [2.24, 2.45) is 5.73 Å². The van der Waals surface area contributed by atoms with Crippen LogP contribution in [0.5, 0.6) is 0 Å². The maximum absolute atomic E-state index is 11.8. The van der Waals surface area contributed by atoms with Gasteiger partial charge in [-0.15, -0.1) is 0 Å². The molecule has 0 bridgehead atoms. The number of nitrogen functional groups attached to an aromatic ring is 1. The molecule has 2 heterocycles. The van der Waals surface area contributed by atoms with E-state index in [1.165, 1.54) is 16.8 Å². The van der Waals surface area contributed by atoms with E-state index in [1.54, 1.807) is 6.08 Å². The van der Waals surface area contributed by atoms with E-state index < -0.39 is 30.0 Å². The van der Waals surface area contributed by atoms with Gasteiger partial charge < -0.3 is 26.4 Å². The molecular weight excluding hydrogens is 336 g/mol. The highest BCUT2D eigenvalue weighted by molar-refractivity contribution is 7.96. The number of carbonyl (C=O) groups is 1. The molecule has 0 saturated heterocycles. The number of aliphatic carboxylic acids is 1. The van der Waals surface area contributed by atoms with Gasteiger partial charge in [0.25, 0.3) is 0 Å². The largest absolute Gasteiger partial charge is 0.480 e. The first kappa shape index (κ1) is 18.3. The van der Waals surface area contributed by atoms with Crippen LogP contribution in [0, 0.1) is 0 Å². The van der Waals surface area contributed by atoms with E-state index in [1.807, 2.05) is 6.26 Å². The van der Waals surface area contributed by atoms with Gasteiger partial charge in [0, 0.05) is 12.6 Å². The first-order valence-electron chi connectivity index (χ1n) is 7.25. The second kappa shape index (κ2) is 7.69. The minimum atomic E-state index is -1.02. The molecule has 0 fully saturated rings. The topological polar surface area (TPSA) is 154 Å². The van der Waals surface area contributed by atoms with Crippen molar-refractivity contribution in [2.45, 2.75) is 24.8 Å². The van der Waals surface area contributed by atoms with Crippen LogP contribution >= 0.6 is 0 Å². The third kappa shape index (κ3) is 4.49. The van der Waals surface area contributed by atoms with Crippen LogP contribution in [-0.2, 0) is 20.4 Å². The van der Waals surface area contributed by atoms with Gasteiger partial charge in [-0.2, -0.15) is 4.98 Å². The second-order valence-electron chi connectivity index (χ2n) is 5.54. The average Bonchev–Trinajstić information content (AvgIpc) is 2.85. The van der Waals surface area contributed by atoms with Crippen LogP contribution in [0.4, 0.5) is 5.82 Å². The summed E-state index contributed by atoms with van der Waals surface area (Å²) in [7, 11) is -0.163. The molecule has 6 N–H and O–H groups in total. The number of aliphatic hydroxyl groups excluding tert-OH is 1. The second-order valence-corrected chi connectivity index (χ2v) is 7.80. The quantitative estimate of drug-likeness (QED) is 0.437. The zero-order valence-electron chi connectivity index (χ0n) is 13.2. The van der Waals surface area contributed by atoms with Gasteiger partial charge in [0.1, 0.15) is 29.5 Å². The van der Waals surface area contributed by atoms with Crippen molar-refractivity contribution in [2.75, 3.05) is 23.5 Å². The molecule has 10 heteroatoms. The Kier molecular flexibility index (Phi) is 5.86. The van der Waals surface area contributed by atoms with Crippen LogP contribution in [-0.4, -0.2) is 55.6 Å². The number of ether oxygens (including phenoxy) is 1. The highest BCUT2D eigenvalue weighted by Gasteiger charge is 2.32. The van der Waals surface area contributed by atoms with Crippen LogP contribution in [0.2, 0.25) is 0 Å². The summed E-state index contributed by atoms with van der Waals surface area (Å²) in [5, 5.41) is 18.9. The number of hydrogen-bond acceptors (Lipinski definition) is 7. The number of anilines is 1.